The summed E-state index contributed by atoms with van der Waals surface area (Å²) in [6, 6.07) is 7.73. The first-order valence-corrected chi connectivity index (χ1v) is 7.76. The molecule has 1 aromatic rings. The maximum Gasteiger partial charge on any atom is 0.238 e. The summed E-state index contributed by atoms with van der Waals surface area (Å²) in [5, 5.41) is 16.4. The van der Waals surface area contributed by atoms with E-state index in [9.17, 15) is 9.90 Å². The monoisotopic (exact) mass is 290 g/mol. The molecule has 0 bridgehead atoms. The molecule has 0 heterocycles. The number of carbonyl (C=O) groups is 1. The maximum absolute atomic E-state index is 11.9. The Hall–Kier alpha value is -1.39. The number of carbonyl (C=O) groups excluding carboxylic acids is 1. The molecule has 4 heteroatoms. The van der Waals surface area contributed by atoms with Crippen molar-refractivity contribution in [2.45, 2.75) is 45.1 Å². The van der Waals surface area contributed by atoms with Crippen LogP contribution in [0.4, 0.5) is 5.69 Å². The van der Waals surface area contributed by atoms with Crippen LogP contribution in [0, 0.1) is 12.8 Å². The third-order valence-corrected chi connectivity index (χ3v) is 4.11. The molecule has 0 saturated heterocycles. The molecule has 2 rings (SSSR count). The van der Waals surface area contributed by atoms with Gasteiger partial charge in [-0.1, -0.05) is 31.9 Å². The maximum atomic E-state index is 11.9. The summed E-state index contributed by atoms with van der Waals surface area (Å²) in [4.78, 5) is 11.9. The van der Waals surface area contributed by atoms with Crippen LogP contribution >= 0.6 is 0 Å². The molecule has 4 nitrogen and oxygen atoms in total. The van der Waals surface area contributed by atoms with E-state index in [1.54, 1.807) is 0 Å². The lowest BCUT2D eigenvalue weighted by Gasteiger charge is -2.35. The van der Waals surface area contributed by atoms with E-state index in [0.717, 1.165) is 30.5 Å². The molecule has 1 aliphatic rings. The molecule has 1 fully saturated rings. The molecule has 1 amide bonds. The van der Waals surface area contributed by atoms with Crippen LogP contribution in [0.2, 0.25) is 0 Å². The number of aliphatic hydroxyl groups is 1. The number of anilines is 1. The van der Waals surface area contributed by atoms with Crippen molar-refractivity contribution in [3.63, 3.8) is 0 Å². The molecule has 1 aliphatic carbocycles. The molecule has 3 N–H and O–H groups in total. The Kier molecular flexibility index (Phi) is 5.37. The molecule has 2 atom stereocenters. The molecule has 116 valence electrons. The minimum Gasteiger partial charge on any atom is -0.389 e. The van der Waals surface area contributed by atoms with Gasteiger partial charge < -0.3 is 15.7 Å². The van der Waals surface area contributed by atoms with Gasteiger partial charge in [-0.05, 0) is 43.4 Å². The summed E-state index contributed by atoms with van der Waals surface area (Å²) < 4.78 is 0. The summed E-state index contributed by atoms with van der Waals surface area (Å²) in [5.74, 6) is 0.486. The third kappa shape index (κ3) is 5.14. The quantitative estimate of drug-likeness (QED) is 0.780. The van der Waals surface area contributed by atoms with Crippen LogP contribution in [0.15, 0.2) is 24.3 Å². The van der Waals surface area contributed by atoms with Crippen molar-refractivity contribution in [3.05, 3.63) is 29.8 Å². The zero-order valence-electron chi connectivity index (χ0n) is 13.0. The van der Waals surface area contributed by atoms with E-state index in [4.69, 9.17) is 0 Å². The molecule has 2 unspecified atom stereocenters. The Morgan fingerprint density at radius 1 is 1.48 bits per heavy atom. The van der Waals surface area contributed by atoms with Gasteiger partial charge in [0.1, 0.15) is 0 Å². The lowest BCUT2D eigenvalue weighted by Crippen LogP contribution is -2.45. The second kappa shape index (κ2) is 7.05. The molecular weight excluding hydrogens is 264 g/mol. The molecule has 0 aliphatic heterocycles. The average Bonchev–Trinajstić information content (AvgIpc) is 2.38. The fourth-order valence-corrected chi connectivity index (χ4v) is 3.13. The SMILES string of the molecule is Cc1cccc(NC(=O)CNCC2(O)CCCC(C)C2)c1. The highest BCUT2D eigenvalue weighted by Crippen LogP contribution is 2.31. The summed E-state index contributed by atoms with van der Waals surface area (Å²) in [6.07, 6.45) is 3.90. The number of benzene rings is 1. The number of aryl methyl sites for hydroxylation is 1. The van der Waals surface area contributed by atoms with Crippen LogP contribution in [-0.2, 0) is 4.79 Å². The van der Waals surface area contributed by atoms with Crippen molar-refractivity contribution in [2.75, 3.05) is 18.4 Å². The first-order chi connectivity index (χ1) is 9.97. The van der Waals surface area contributed by atoms with Crippen molar-refractivity contribution >= 4 is 11.6 Å². The van der Waals surface area contributed by atoms with Gasteiger partial charge in [-0.15, -0.1) is 0 Å². The van der Waals surface area contributed by atoms with Crippen LogP contribution in [0.1, 0.15) is 38.2 Å². The minimum atomic E-state index is -0.652. The zero-order chi connectivity index (χ0) is 15.3. The normalized spacial score (nSPS) is 25.6. The largest absolute Gasteiger partial charge is 0.389 e. The van der Waals surface area contributed by atoms with Crippen LogP contribution in [0.3, 0.4) is 0 Å². The van der Waals surface area contributed by atoms with Gasteiger partial charge in [-0.25, -0.2) is 0 Å². The van der Waals surface area contributed by atoms with E-state index in [-0.39, 0.29) is 12.5 Å². The Bertz CT molecular complexity index is 489. The molecule has 21 heavy (non-hydrogen) atoms. The van der Waals surface area contributed by atoms with E-state index >= 15 is 0 Å². The molecule has 0 aromatic heterocycles. The number of nitrogens with one attached hydrogen (secondary N) is 2. The summed E-state index contributed by atoms with van der Waals surface area (Å²) in [6.45, 7) is 4.88. The first kappa shape index (κ1) is 16.0. The van der Waals surface area contributed by atoms with Crippen LogP contribution in [0.5, 0.6) is 0 Å². The third-order valence-electron chi connectivity index (χ3n) is 4.11. The van der Waals surface area contributed by atoms with Gasteiger partial charge in [0.2, 0.25) is 5.91 Å². The van der Waals surface area contributed by atoms with Crippen molar-refractivity contribution in [1.82, 2.24) is 5.32 Å². The number of hydrogen-bond acceptors (Lipinski definition) is 3. The molecular formula is C17H26N2O2. The van der Waals surface area contributed by atoms with Crippen molar-refractivity contribution in [3.8, 4) is 0 Å². The summed E-state index contributed by atoms with van der Waals surface area (Å²) in [5.41, 5.74) is 1.28. The molecule has 1 saturated carbocycles. The van der Waals surface area contributed by atoms with E-state index in [1.165, 1.54) is 6.42 Å². The number of amides is 1. The van der Waals surface area contributed by atoms with E-state index in [1.807, 2.05) is 31.2 Å². The fourth-order valence-electron chi connectivity index (χ4n) is 3.13. The number of rotatable bonds is 5. The highest BCUT2D eigenvalue weighted by Gasteiger charge is 2.32. The Morgan fingerprint density at radius 3 is 3.00 bits per heavy atom. The van der Waals surface area contributed by atoms with Gasteiger partial charge in [-0.3, -0.25) is 4.79 Å². The van der Waals surface area contributed by atoms with Crippen molar-refractivity contribution < 1.29 is 9.90 Å². The predicted octanol–water partition coefficient (Wildman–Crippen LogP) is 2.46. The van der Waals surface area contributed by atoms with Crippen molar-refractivity contribution in [2.24, 2.45) is 5.92 Å². The Morgan fingerprint density at radius 2 is 2.29 bits per heavy atom. The van der Waals surface area contributed by atoms with Gasteiger partial charge in [0.15, 0.2) is 0 Å². The van der Waals surface area contributed by atoms with Gasteiger partial charge in [0.05, 0.1) is 12.1 Å². The van der Waals surface area contributed by atoms with Crippen LogP contribution in [-0.4, -0.2) is 29.7 Å². The fraction of sp³-hybridized carbons (Fsp3) is 0.588. The van der Waals surface area contributed by atoms with Gasteiger partial charge in [-0.2, -0.15) is 0 Å². The van der Waals surface area contributed by atoms with Crippen LogP contribution < -0.4 is 10.6 Å². The second-order valence-corrected chi connectivity index (χ2v) is 6.45. The number of hydrogen-bond donors (Lipinski definition) is 3. The van der Waals surface area contributed by atoms with E-state index in [2.05, 4.69) is 17.6 Å². The Labute approximate surface area is 126 Å². The van der Waals surface area contributed by atoms with Gasteiger partial charge >= 0.3 is 0 Å². The highest BCUT2D eigenvalue weighted by molar-refractivity contribution is 5.92. The van der Waals surface area contributed by atoms with Crippen LogP contribution in [0.25, 0.3) is 0 Å². The van der Waals surface area contributed by atoms with Gasteiger partial charge in [0, 0.05) is 12.2 Å². The first-order valence-electron chi connectivity index (χ1n) is 7.76. The zero-order valence-corrected chi connectivity index (χ0v) is 13.0. The molecule has 0 spiro atoms. The summed E-state index contributed by atoms with van der Waals surface area (Å²) >= 11 is 0. The highest BCUT2D eigenvalue weighted by atomic mass is 16.3. The van der Waals surface area contributed by atoms with E-state index in [0.29, 0.717) is 12.5 Å². The predicted molar refractivity (Wildman–Crippen MR) is 85.3 cm³/mol. The standard InChI is InChI=1S/C17H26N2O2/c1-13-5-3-7-15(9-13)19-16(20)11-18-12-17(21)8-4-6-14(2)10-17/h3,5,7,9,14,18,21H,4,6,8,10-12H2,1-2H3,(H,19,20). The molecule has 0 radical (unpaired) electrons. The summed E-state index contributed by atoms with van der Waals surface area (Å²) in [7, 11) is 0. The van der Waals surface area contributed by atoms with Gasteiger partial charge in [0.25, 0.3) is 0 Å². The van der Waals surface area contributed by atoms with E-state index < -0.39 is 5.60 Å². The lowest BCUT2D eigenvalue weighted by atomic mass is 9.79. The molecule has 1 aromatic carbocycles. The topological polar surface area (TPSA) is 61.4 Å². The average molecular weight is 290 g/mol. The smallest absolute Gasteiger partial charge is 0.238 e. The second-order valence-electron chi connectivity index (χ2n) is 6.45. The Balaban J connectivity index is 1.74. The lowest BCUT2D eigenvalue weighted by molar-refractivity contribution is -0.115. The minimum absolute atomic E-state index is 0.0759. The van der Waals surface area contributed by atoms with Crippen molar-refractivity contribution in [1.29, 1.82) is 0 Å².